The first-order valence-corrected chi connectivity index (χ1v) is 10.7. The van der Waals surface area contributed by atoms with Gasteiger partial charge in [-0.05, 0) is 80.8 Å². The van der Waals surface area contributed by atoms with Gasteiger partial charge in [0.05, 0.1) is 21.8 Å². The Morgan fingerprint density at radius 2 is 1.61 bits per heavy atom. The average molecular weight is 449 g/mol. The molecular weight excluding hydrogens is 427 g/mol. The average Bonchev–Trinajstić information content (AvgIpc) is 2.70. The third-order valence-corrected chi connectivity index (χ3v) is 5.89. The molecule has 0 unspecified atom stereocenters. The third-order valence-electron chi connectivity index (χ3n) is 5.34. The number of pyridine rings is 1. The molecule has 0 aliphatic carbocycles. The smallest absolute Gasteiger partial charge is 0.256 e. The van der Waals surface area contributed by atoms with E-state index in [0.29, 0.717) is 21.3 Å². The summed E-state index contributed by atoms with van der Waals surface area (Å²) in [5.74, 6) is -0.183. The van der Waals surface area contributed by atoms with Gasteiger partial charge in [0.25, 0.3) is 5.91 Å². The predicted molar refractivity (Wildman–Crippen MR) is 131 cm³/mol. The molecular formula is C26H22Cl2N2O. The van der Waals surface area contributed by atoms with Crippen LogP contribution in [-0.2, 0) is 0 Å². The number of carbonyl (C=O) groups excluding carboxylic acids is 1. The Morgan fingerprint density at radius 1 is 0.839 bits per heavy atom. The number of nitrogens with one attached hydrogen (secondary N) is 1. The summed E-state index contributed by atoms with van der Waals surface area (Å²) in [7, 11) is 0. The summed E-state index contributed by atoms with van der Waals surface area (Å²) in [5, 5.41) is 4.93. The number of aryl methyl sites for hydroxylation is 4. The molecule has 0 aliphatic heterocycles. The summed E-state index contributed by atoms with van der Waals surface area (Å²) < 4.78 is 0. The van der Waals surface area contributed by atoms with E-state index in [9.17, 15) is 4.79 Å². The van der Waals surface area contributed by atoms with Crippen molar-refractivity contribution in [2.75, 3.05) is 5.32 Å². The largest absolute Gasteiger partial charge is 0.322 e. The molecule has 156 valence electrons. The monoisotopic (exact) mass is 448 g/mol. The van der Waals surface area contributed by atoms with Gasteiger partial charge in [-0.25, -0.2) is 4.98 Å². The summed E-state index contributed by atoms with van der Waals surface area (Å²) in [6, 6.07) is 17.2. The summed E-state index contributed by atoms with van der Waals surface area (Å²) in [6.07, 6.45) is 0. The van der Waals surface area contributed by atoms with Gasteiger partial charge in [-0.2, -0.15) is 0 Å². The minimum absolute atomic E-state index is 0.183. The summed E-state index contributed by atoms with van der Waals surface area (Å²) in [4.78, 5) is 18.3. The number of halogens is 2. The van der Waals surface area contributed by atoms with Crippen LogP contribution in [-0.4, -0.2) is 10.9 Å². The van der Waals surface area contributed by atoms with Crippen molar-refractivity contribution in [3.63, 3.8) is 0 Å². The molecule has 1 heterocycles. The van der Waals surface area contributed by atoms with E-state index in [0.717, 1.165) is 44.4 Å². The molecule has 0 saturated carbocycles. The van der Waals surface area contributed by atoms with Gasteiger partial charge in [-0.1, -0.05) is 47.0 Å². The van der Waals surface area contributed by atoms with Gasteiger partial charge in [-0.3, -0.25) is 4.79 Å². The molecule has 0 aliphatic rings. The van der Waals surface area contributed by atoms with Crippen LogP contribution in [0.3, 0.4) is 0 Å². The number of hydrogen-bond acceptors (Lipinski definition) is 2. The van der Waals surface area contributed by atoms with Crippen molar-refractivity contribution in [3.05, 3.63) is 92.5 Å². The van der Waals surface area contributed by atoms with Crippen molar-refractivity contribution < 1.29 is 4.79 Å². The number of hydrogen-bond donors (Lipinski definition) is 1. The standard InChI is InChI=1S/C26H22Cl2N2O/c1-14-5-6-16(3)23(11-14)30-26(31)21-13-24(19-8-7-18(27)12-22(19)28)29-25-17(4)9-15(2)10-20(21)25/h5-13H,1-4H3,(H,30,31). The molecule has 0 fully saturated rings. The van der Waals surface area contributed by atoms with Gasteiger partial charge >= 0.3 is 0 Å². The molecule has 0 atom stereocenters. The van der Waals surface area contributed by atoms with Crippen LogP contribution in [0.5, 0.6) is 0 Å². The second-order valence-electron chi connectivity index (χ2n) is 7.93. The number of aromatic nitrogens is 1. The Balaban J connectivity index is 1.92. The molecule has 4 aromatic rings. The molecule has 1 amide bonds. The lowest BCUT2D eigenvalue weighted by molar-refractivity contribution is 0.102. The Hall–Kier alpha value is -2.88. The Bertz CT molecular complexity index is 1350. The van der Waals surface area contributed by atoms with Crippen LogP contribution >= 0.6 is 23.2 Å². The Labute approximate surface area is 192 Å². The van der Waals surface area contributed by atoms with Gasteiger partial charge in [-0.15, -0.1) is 0 Å². The van der Waals surface area contributed by atoms with Gasteiger partial charge < -0.3 is 5.32 Å². The lowest BCUT2D eigenvalue weighted by atomic mass is 9.99. The van der Waals surface area contributed by atoms with Crippen LogP contribution in [0.2, 0.25) is 10.0 Å². The first kappa shape index (κ1) is 21.4. The van der Waals surface area contributed by atoms with Crippen molar-refractivity contribution in [1.29, 1.82) is 0 Å². The SMILES string of the molecule is Cc1ccc(C)c(NC(=O)c2cc(-c3ccc(Cl)cc3Cl)nc3c(C)cc(C)cc23)c1. The number of benzene rings is 3. The minimum Gasteiger partial charge on any atom is -0.322 e. The number of fused-ring (bicyclic) bond motifs is 1. The molecule has 5 heteroatoms. The Kier molecular flexibility index (Phi) is 5.74. The second kappa shape index (κ2) is 8.33. The first-order valence-electron chi connectivity index (χ1n) is 9.99. The van der Waals surface area contributed by atoms with Crippen LogP contribution in [0, 0.1) is 27.7 Å². The topological polar surface area (TPSA) is 42.0 Å². The zero-order valence-corrected chi connectivity index (χ0v) is 19.3. The van der Waals surface area contributed by atoms with E-state index in [1.807, 2.05) is 58.0 Å². The number of anilines is 1. The molecule has 0 saturated heterocycles. The van der Waals surface area contributed by atoms with Crippen molar-refractivity contribution in [1.82, 2.24) is 4.98 Å². The van der Waals surface area contributed by atoms with Gasteiger partial charge in [0.2, 0.25) is 0 Å². The molecule has 0 bridgehead atoms. The maximum absolute atomic E-state index is 13.4. The van der Waals surface area contributed by atoms with Crippen LogP contribution in [0.4, 0.5) is 5.69 Å². The van der Waals surface area contributed by atoms with Crippen LogP contribution in [0.1, 0.15) is 32.6 Å². The fraction of sp³-hybridized carbons (Fsp3) is 0.154. The third kappa shape index (κ3) is 4.30. The maximum Gasteiger partial charge on any atom is 0.256 e. The van der Waals surface area contributed by atoms with Crippen molar-refractivity contribution in [3.8, 4) is 11.3 Å². The Morgan fingerprint density at radius 3 is 2.35 bits per heavy atom. The fourth-order valence-corrected chi connectivity index (χ4v) is 4.27. The lowest BCUT2D eigenvalue weighted by Crippen LogP contribution is -2.14. The first-order chi connectivity index (χ1) is 14.7. The molecule has 1 aromatic heterocycles. The van der Waals surface area contributed by atoms with E-state index in [-0.39, 0.29) is 5.91 Å². The summed E-state index contributed by atoms with van der Waals surface area (Å²) in [5.41, 5.74) is 7.66. The minimum atomic E-state index is -0.183. The van der Waals surface area contributed by atoms with E-state index in [1.54, 1.807) is 18.2 Å². The molecule has 1 N–H and O–H groups in total. The van der Waals surface area contributed by atoms with E-state index in [4.69, 9.17) is 28.2 Å². The van der Waals surface area contributed by atoms with Crippen LogP contribution < -0.4 is 5.32 Å². The normalized spacial score (nSPS) is 11.0. The van der Waals surface area contributed by atoms with E-state index < -0.39 is 0 Å². The van der Waals surface area contributed by atoms with Gasteiger partial charge in [0, 0.05) is 21.7 Å². The maximum atomic E-state index is 13.4. The molecule has 3 nitrogen and oxygen atoms in total. The highest BCUT2D eigenvalue weighted by molar-refractivity contribution is 6.36. The summed E-state index contributed by atoms with van der Waals surface area (Å²) >= 11 is 12.5. The predicted octanol–water partition coefficient (Wildman–Crippen LogP) is 7.69. The number of rotatable bonds is 3. The molecule has 0 spiro atoms. The number of amides is 1. The number of nitrogens with zero attached hydrogens (tertiary/aromatic N) is 1. The van der Waals surface area contributed by atoms with Gasteiger partial charge in [0.1, 0.15) is 0 Å². The zero-order valence-electron chi connectivity index (χ0n) is 17.8. The van der Waals surface area contributed by atoms with E-state index >= 15 is 0 Å². The quantitative estimate of drug-likeness (QED) is 0.348. The fourth-order valence-electron chi connectivity index (χ4n) is 3.76. The number of carbonyl (C=O) groups is 1. The van der Waals surface area contributed by atoms with Crippen molar-refractivity contribution in [2.45, 2.75) is 27.7 Å². The lowest BCUT2D eigenvalue weighted by Gasteiger charge is -2.15. The zero-order chi connectivity index (χ0) is 22.3. The molecule has 4 rings (SSSR count). The second-order valence-corrected chi connectivity index (χ2v) is 8.77. The summed E-state index contributed by atoms with van der Waals surface area (Å²) in [6.45, 7) is 8.00. The highest BCUT2D eigenvalue weighted by Gasteiger charge is 2.18. The highest BCUT2D eigenvalue weighted by atomic mass is 35.5. The molecule has 3 aromatic carbocycles. The molecule has 31 heavy (non-hydrogen) atoms. The van der Waals surface area contributed by atoms with E-state index in [1.165, 1.54) is 0 Å². The van der Waals surface area contributed by atoms with E-state index in [2.05, 4.69) is 11.4 Å². The van der Waals surface area contributed by atoms with Gasteiger partial charge in [0.15, 0.2) is 0 Å². The molecule has 0 radical (unpaired) electrons. The van der Waals surface area contributed by atoms with Crippen molar-refractivity contribution >= 4 is 45.7 Å². The van der Waals surface area contributed by atoms with Crippen LogP contribution in [0.15, 0.2) is 54.6 Å². The van der Waals surface area contributed by atoms with Crippen molar-refractivity contribution in [2.24, 2.45) is 0 Å². The highest BCUT2D eigenvalue weighted by Crippen LogP contribution is 2.33. The van der Waals surface area contributed by atoms with Crippen LogP contribution in [0.25, 0.3) is 22.2 Å².